The first-order chi connectivity index (χ1) is 6.61. The fraction of sp³-hybridized carbons (Fsp3) is 0.375. The van der Waals surface area contributed by atoms with Crippen molar-refractivity contribution in [1.82, 2.24) is 4.98 Å². The number of methoxy groups -OCH3 is 1. The van der Waals surface area contributed by atoms with Gasteiger partial charge in [0, 0.05) is 17.1 Å². The molecule has 0 saturated heterocycles. The number of hydrogen-bond donors (Lipinski definition) is 0. The zero-order chi connectivity index (χ0) is 10.7. The standard InChI is InChI=1S/C8H7BrClF2NO/c1-14-8-5(7(11)12)6(10)4(2-9)3-13-8/h3,7H,2H2,1H3. The van der Waals surface area contributed by atoms with Crippen LogP contribution < -0.4 is 4.74 Å². The van der Waals surface area contributed by atoms with Gasteiger partial charge in [-0.05, 0) is 0 Å². The molecule has 0 saturated carbocycles. The molecule has 0 atom stereocenters. The molecule has 0 unspecified atom stereocenters. The molecular weight excluding hydrogens is 279 g/mol. The van der Waals surface area contributed by atoms with E-state index < -0.39 is 6.43 Å². The Morgan fingerprint density at radius 2 is 2.29 bits per heavy atom. The van der Waals surface area contributed by atoms with Crippen molar-refractivity contribution in [3.8, 4) is 5.88 Å². The van der Waals surface area contributed by atoms with Gasteiger partial charge in [0.25, 0.3) is 6.43 Å². The Morgan fingerprint density at radius 3 is 2.71 bits per heavy atom. The summed E-state index contributed by atoms with van der Waals surface area (Å²) in [4.78, 5) is 3.73. The molecule has 0 aliphatic heterocycles. The highest BCUT2D eigenvalue weighted by molar-refractivity contribution is 9.08. The summed E-state index contributed by atoms with van der Waals surface area (Å²) >= 11 is 8.89. The molecule has 1 aromatic heterocycles. The Kier molecular flexibility index (Phi) is 4.07. The summed E-state index contributed by atoms with van der Waals surface area (Å²) in [7, 11) is 1.28. The maximum Gasteiger partial charge on any atom is 0.270 e. The van der Waals surface area contributed by atoms with E-state index in [1.807, 2.05) is 0 Å². The molecule has 1 rings (SSSR count). The number of rotatable bonds is 3. The summed E-state index contributed by atoms with van der Waals surface area (Å²) in [5, 5.41) is 0.381. The lowest BCUT2D eigenvalue weighted by atomic mass is 10.2. The van der Waals surface area contributed by atoms with Gasteiger partial charge in [-0.1, -0.05) is 27.5 Å². The van der Waals surface area contributed by atoms with E-state index in [-0.39, 0.29) is 16.5 Å². The summed E-state index contributed by atoms with van der Waals surface area (Å²) in [5.41, 5.74) is 0.161. The van der Waals surface area contributed by atoms with E-state index in [0.717, 1.165) is 0 Å². The van der Waals surface area contributed by atoms with Gasteiger partial charge in [-0.15, -0.1) is 0 Å². The van der Waals surface area contributed by atoms with Crippen LogP contribution in [0.25, 0.3) is 0 Å². The van der Waals surface area contributed by atoms with Gasteiger partial charge < -0.3 is 4.74 Å². The van der Waals surface area contributed by atoms with Crippen LogP contribution >= 0.6 is 27.5 Å². The Labute approximate surface area is 93.4 Å². The summed E-state index contributed by atoms with van der Waals surface area (Å²) in [5.74, 6) is -0.130. The lowest BCUT2D eigenvalue weighted by Crippen LogP contribution is -1.99. The van der Waals surface area contributed by atoms with Gasteiger partial charge in [0.2, 0.25) is 5.88 Å². The van der Waals surface area contributed by atoms with Crippen molar-refractivity contribution < 1.29 is 13.5 Å². The second-order valence-corrected chi connectivity index (χ2v) is 3.39. The number of nitrogens with zero attached hydrogens (tertiary/aromatic N) is 1. The molecule has 14 heavy (non-hydrogen) atoms. The van der Waals surface area contributed by atoms with Crippen molar-refractivity contribution in [1.29, 1.82) is 0 Å². The van der Waals surface area contributed by atoms with E-state index in [0.29, 0.717) is 10.9 Å². The third-order valence-electron chi connectivity index (χ3n) is 1.64. The summed E-state index contributed by atoms with van der Waals surface area (Å²) in [6.07, 6.45) is -1.29. The minimum Gasteiger partial charge on any atom is -0.481 e. The van der Waals surface area contributed by atoms with Crippen LogP contribution in [-0.2, 0) is 5.33 Å². The van der Waals surface area contributed by atoms with E-state index in [9.17, 15) is 8.78 Å². The van der Waals surface area contributed by atoms with Crippen LogP contribution in [0.4, 0.5) is 8.78 Å². The molecule has 2 nitrogen and oxygen atoms in total. The molecule has 0 radical (unpaired) electrons. The van der Waals surface area contributed by atoms with Crippen molar-refractivity contribution >= 4 is 27.5 Å². The minimum absolute atomic E-state index is 0.00345. The number of halogens is 4. The number of hydrogen-bond acceptors (Lipinski definition) is 2. The van der Waals surface area contributed by atoms with Crippen LogP contribution in [-0.4, -0.2) is 12.1 Å². The predicted octanol–water partition coefficient (Wildman–Crippen LogP) is 3.58. The molecule has 0 N–H and O–H groups in total. The van der Waals surface area contributed by atoms with Crippen LogP contribution in [0.5, 0.6) is 5.88 Å². The molecule has 1 aromatic rings. The van der Waals surface area contributed by atoms with Crippen molar-refractivity contribution in [3.63, 3.8) is 0 Å². The van der Waals surface area contributed by atoms with E-state index >= 15 is 0 Å². The van der Waals surface area contributed by atoms with E-state index in [1.54, 1.807) is 0 Å². The summed E-state index contributed by atoms with van der Waals surface area (Å²) < 4.78 is 29.8. The van der Waals surface area contributed by atoms with Crippen LogP contribution in [0.2, 0.25) is 5.02 Å². The molecule has 0 spiro atoms. The van der Waals surface area contributed by atoms with Gasteiger partial charge in [-0.3, -0.25) is 0 Å². The highest BCUT2D eigenvalue weighted by Crippen LogP contribution is 2.36. The fourth-order valence-electron chi connectivity index (χ4n) is 0.975. The molecule has 6 heteroatoms. The highest BCUT2D eigenvalue weighted by Gasteiger charge is 2.21. The third-order valence-corrected chi connectivity index (χ3v) is 2.69. The molecule has 1 heterocycles. The maximum atomic E-state index is 12.6. The van der Waals surface area contributed by atoms with Gasteiger partial charge in [0.15, 0.2) is 0 Å². The lowest BCUT2D eigenvalue weighted by Gasteiger charge is -2.10. The molecule has 0 fully saturated rings. The van der Waals surface area contributed by atoms with Crippen LogP contribution in [0, 0.1) is 0 Å². The highest BCUT2D eigenvalue weighted by atomic mass is 79.9. The lowest BCUT2D eigenvalue weighted by molar-refractivity contribution is 0.146. The minimum atomic E-state index is -2.69. The molecular formula is C8H7BrClF2NO. The zero-order valence-corrected chi connectivity index (χ0v) is 9.57. The molecule has 0 aliphatic carbocycles. The largest absolute Gasteiger partial charge is 0.481 e. The fourth-order valence-corrected chi connectivity index (χ4v) is 1.84. The van der Waals surface area contributed by atoms with E-state index in [4.69, 9.17) is 16.3 Å². The van der Waals surface area contributed by atoms with Gasteiger partial charge >= 0.3 is 0 Å². The summed E-state index contributed by atoms with van der Waals surface area (Å²) in [6.45, 7) is 0. The van der Waals surface area contributed by atoms with Crippen LogP contribution in [0.1, 0.15) is 17.6 Å². The first-order valence-electron chi connectivity index (χ1n) is 3.67. The topological polar surface area (TPSA) is 22.1 Å². The van der Waals surface area contributed by atoms with Gasteiger partial charge in [0.1, 0.15) is 0 Å². The van der Waals surface area contributed by atoms with E-state index in [1.165, 1.54) is 13.3 Å². The average Bonchev–Trinajstić information content (AvgIpc) is 2.16. The number of alkyl halides is 3. The van der Waals surface area contributed by atoms with Crippen molar-refractivity contribution in [2.24, 2.45) is 0 Å². The monoisotopic (exact) mass is 285 g/mol. The Hall–Kier alpha value is -0.420. The van der Waals surface area contributed by atoms with Gasteiger partial charge in [-0.25, -0.2) is 13.8 Å². The van der Waals surface area contributed by atoms with Gasteiger partial charge in [-0.2, -0.15) is 0 Å². The molecule has 0 bridgehead atoms. The quantitative estimate of drug-likeness (QED) is 0.792. The first-order valence-corrected chi connectivity index (χ1v) is 5.17. The number of ether oxygens (including phenoxy) is 1. The maximum absolute atomic E-state index is 12.6. The van der Waals surface area contributed by atoms with Crippen LogP contribution in [0.3, 0.4) is 0 Å². The van der Waals surface area contributed by atoms with Crippen molar-refractivity contribution in [2.75, 3.05) is 7.11 Å². The second-order valence-electron chi connectivity index (χ2n) is 2.45. The van der Waals surface area contributed by atoms with Gasteiger partial charge in [0.05, 0.1) is 17.7 Å². The molecule has 0 aromatic carbocycles. The van der Waals surface area contributed by atoms with Crippen LogP contribution in [0.15, 0.2) is 6.20 Å². The molecule has 0 amide bonds. The van der Waals surface area contributed by atoms with Crippen molar-refractivity contribution in [3.05, 3.63) is 22.3 Å². The SMILES string of the molecule is COc1ncc(CBr)c(Cl)c1C(F)F. The second kappa shape index (κ2) is 4.89. The van der Waals surface area contributed by atoms with Crippen molar-refractivity contribution in [2.45, 2.75) is 11.8 Å². The predicted molar refractivity (Wildman–Crippen MR) is 53.4 cm³/mol. The molecule has 78 valence electrons. The number of aromatic nitrogens is 1. The average molecular weight is 287 g/mol. The molecule has 0 aliphatic rings. The Morgan fingerprint density at radius 1 is 1.64 bits per heavy atom. The zero-order valence-electron chi connectivity index (χ0n) is 7.23. The summed E-state index contributed by atoms with van der Waals surface area (Å²) in [6, 6.07) is 0. The van der Waals surface area contributed by atoms with E-state index in [2.05, 4.69) is 20.9 Å². The Balaban J connectivity index is 3.31. The smallest absolute Gasteiger partial charge is 0.270 e. The third kappa shape index (κ3) is 2.15. The first kappa shape index (κ1) is 11.7. The normalized spacial score (nSPS) is 10.7. The number of pyridine rings is 1. The Bertz CT molecular complexity index is 335.